The predicted octanol–water partition coefficient (Wildman–Crippen LogP) is 4.75. The van der Waals surface area contributed by atoms with Gasteiger partial charge in [0.2, 0.25) is 5.91 Å². The third-order valence-corrected chi connectivity index (χ3v) is 4.15. The Morgan fingerprint density at radius 2 is 1.96 bits per heavy atom. The molecule has 0 atom stereocenters. The number of aromatic nitrogens is 2. The quantitative estimate of drug-likeness (QED) is 0.801. The van der Waals surface area contributed by atoms with Gasteiger partial charge in [-0.2, -0.15) is 18.3 Å². The van der Waals surface area contributed by atoms with Crippen molar-refractivity contribution in [3.05, 3.63) is 46.8 Å². The van der Waals surface area contributed by atoms with Crippen LogP contribution in [-0.2, 0) is 23.9 Å². The number of amides is 1. The maximum Gasteiger partial charge on any atom is 0.416 e. The summed E-state index contributed by atoms with van der Waals surface area (Å²) < 4.78 is 40.1. The first-order chi connectivity index (χ1) is 12.1. The number of hydrogen-bond donors (Lipinski definition) is 1. The van der Waals surface area contributed by atoms with E-state index < -0.39 is 11.7 Å². The fourth-order valence-electron chi connectivity index (χ4n) is 2.85. The van der Waals surface area contributed by atoms with Gasteiger partial charge in [-0.1, -0.05) is 19.9 Å². The van der Waals surface area contributed by atoms with Crippen LogP contribution in [-0.4, -0.2) is 15.7 Å². The number of nitrogens with zero attached hydrogens (tertiary/aromatic N) is 2. The first kappa shape index (κ1) is 20.0. The first-order valence-electron chi connectivity index (χ1n) is 8.58. The van der Waals surface area contributed by atoms with Gasteiger partial charge >= 0.3 is 6.18 Å². The highest BCUT2D eigenvalue weighted by atomic mass is 19.4. The number of alkyl halides is 3. The van der Waals surface area contributed by atoms with E-state index in [1.54, 1.807) is 0 Å². The molecule has 1 N–H and O–H groups in total. The van der Waals surface area contributed by atoms with Gasteiger partial charge in [0.25, 0.3) is 0 Å². The zero-order valence-electron chi connectivity index (χ0n) is 15.4. The number of anilines is 1. The Kier molecular flexibility index (Phi) is 6.10. The van der Waals surface area contributed by atoms with E-state index in [0.29, 0.717) is 12.3 Å². The van der Waals surface area contributed by atoms with E-state index in [-0.39, 0.29) is 18.0 Å². The topological polar surface area (TPSA) is 46.9 Å². The van der Waals surface area contributed by atoms with E-state index in [1.807, 2.05) is 18.5 Å². The van der Waals surface area contributed by atoms with E-state index in [9.17, 15) is 18.0 Å². The van der Waals surface area contributed by atoms with Gasteiger partial charge < -0.3 is 5.32 Å². The monoisotopic (exact) mass is 367 g/mol. The Morgan fingerprint density at radius 3 is 2.58 bits per heavy atom. The number of benzene rings is 1. The molecule has 0 aliphatic carbocycles. The van der Waals surface area contributed by atoms with Gasteiger partial charge in [-0.05, 0) is 49.9 Å². The van der Waals surface area contributed by atoms with Crippen molar-refractivity contribution in [1.29, 1.82) is 0 Å². The lowest BCUT2D eigenvalue weighted by Gasteiger charge is -2.10. The fourth-order valence-corrected chi connectivity index (χ4v) is 2.85. The highest BCUT2D eigenvalue weighted by Gasteiger charge is 2.30. The molecule has 0 fully saturated rings. The molecular weight excluding hydrogens is 343 g/mol. The van der Waals surface area contributed by atoms with Crippen LogP contribution >= 0.6 is 0 Å². The Bertz CT molecular complexity index is 779. The van der Waals surface area contributed by atoms with Gasteiger partial charge in [-0.3, -0.25) is 9.48 Å². The summed E-state index contributed by atoms with van der Waals surface area (Å²) in [6.07, 6.45) is -3.74. The first-order valence-corrected chi connectivity index (χ1v) is 8.58. The van der Waals surface area contributed by atoms with Crippen LogP contribution in [0.3, 0.4) is 0 Å². The standard InChI is InChI=1S/C19H24F3N3O/c1-12(2)11-25-14(4)17(13(3)24-25)8-9-18(26)23-16-7-5-6-15(10-16)19(20,21)22/h5-7,10,12H,8-9,11H2,1-4H3,(H,23,26). The Hall–Kier alpha value is -2.31. The lowest BCUT2D eigenvalue weighted by atomic mass is 10.1. The Labute approximate surface area is 151 Å². The second-order valence-corrected chi connectivity index (χ2v) is 6.85. The van der Waals surface area contributed by atoms with Crippen LogP contribution in [0, 0.1) is 19.8 Å². The van der Waals surface area contributed by atoms with Gasteiger partial charge in [0.1, 0.15) is 0 Å². The Balaban J connectivity index is 2.01. The van der Waals surface area contributed by atoms with E-state index in [0.717, 1.165) is 35.6 Å². The highest BCUT2D eigenvalue weighted by molar-refractivity contribution is 5.90. The predicted molar refractivity (Wildman–Crippen MR) is 94.9 cm³/mol. The van der Waals surface area contributed by atoms with Gasteiger partial charge in [-0.15, -0.1) is 0 Å². The van der Waals surface area contributed by atoms with Crippen molar-refractivity contribution in [3.8, 4) is 0 Å². The molecule has 0 radical (unpaired) electrons. The van der Waals surface area contributed by atoms with Crippen LogP contribution in [0.25, 0.3) is 0 Å². The van der Waals surface area contributed by atoms with Crippen molar-refractivity contribution in [2.45, 2.75) is 53.3 Å². The number of hydrogen-bond acceptors (Lipinski definition) is 2. The number of carbonyl (C=O) groups is 1. The number of carbonyl (C=O) groups excluding carboxylic acids is 1. The van der Waals surface area contributed by atoms with Crippen molar-refractivity contribution in [2.24, 2.45) is 5.92 Å². The number of aryl methyl sites for hydroxylation is 1. The lowest BCUT2D eigenvalue weighted by Crippen LogP contribution is -2.14. The molecule has 142 valence electrons. The number of nitrogens with one attached hydrogen (secondary N) is 1. The molecule has 1 heterocycles. The summed E-state index contributed by atoms with van der Waals surface area (Å²) >= 11 is 0. The van der Waals surface area contributed by atoms with E-state index >= 15 is 0 Å². The molecule has 26 heavy (non-hydrogen) atoms. The number of rotatable bonds is 6. The molecule has 2 aromatic rings. The molecule has 1 aromatic carbocycles. The summed E-state index contributed by atoms with van der Waals surface area (Å²) in [6, 6.07) is 4.65. The summed E-state index contributed by atoms with van der Waals surface area (Å²) in [5, 5.41) is 7.05. The largest absolute Gasteiger partial charge is 0.416 e. The third-order valence-electron chi connectivity index (χ3n) is 4.15. The second kappa shape index (κ2) is 7.93. The molecule has 7 heteroatoms. The minimum atomic E-state index is -4.43. The molecule has 0 bridgehead atoms. The van der Waals surface area contributed by atoms with Gasteiger partial charge in [0.05, 0.1) is 11.3 Å². The highest BCUT2D eigenvalue weighted by Crippen LogP contribution is 2.30. The van der Waals surface area contributed by atoms with Crippen LogP contribution in [0.15, 0.2) is 24.3 Å². The van der Waals surface area contributed by atoms with Crippen LogP contribution in [0.1, 0.15) is 42.8 Å². The summed E-state index contributed by atoms with van der Waals surface area (Å²) in [5.74, 6) is 0.143. The normalized spacial score (nSPS) is 11.8. The minimum absolute atomic E-state index is 0.147. The second-order valence-electron chi connectivity index (χ2n) is 6.85. The molecule has 1 aromatic heterocycles. The lowest BCUT2D eigenvalue weighted by molar-refractivity contribution is -0.137. The SMILES string of the molecule is Cc1nn(CC(C)C)c(C)c1CCC(=O)Nc1cccc(C(F)(F)F)c1. The Morgan fingerprint density at radius 1 is 1.27 bits per heavy atom. The smallest absolute Gasteiger partial charge is 0.326 e. The van der Waals surface area contributed by atoms with Crippen molar-refractivity contribution >= 4 is 11.6 Å². The molecule has 4 nitrogen and oxygen atoms in total. The van der Waals surface area contributed by atoms with Crippen LogP contribution < -0.4 is 5.32 Å². The summed E-state index contributed by atoms with van der Waals surface area (Å²) in [5.41, 5.74) is 2.30. The summed E-state index contributed by atoms with van der Waals surface area (Å²) in [7, 11) is 0. The molecule has 2 rings (SSSR count). The molecule has 0 saturated heterocycles. The van der Waals surface area contributed by atoms with Crippen LogP contribution in [0.2, 0.25) is 0 Å². The molecule has 1 amide bonds. The summed E-state index contributed by atoms with van der Waals surface area (Å²) in [4.78, 5) is 12.1. The zero-order chi connectivity index (χ0) is 19.5. The van der Waals surface area contributed by atoms with Crippen molar-refractivity contribution in [3.63, 3.8) is 0 Å². The van der Waals surface area contributed by atoms with E-state index in [2.05, 4.69) is 24.3 Å². The average Bonchev–Trinajstić information content (AvgIpc) is 2.78. The van der Waals surface area contributed by atoms with Gasteiger partial charge in [0.15, 0.2) is 0 Å². The van der Waals surface area contributed by atoms with Crippen molar-refractivity contribution in [2.75, 3.05) is 5.32 Å². The maximum atomic E-state index is 12.7. The van der Waals surface area contributed by atoms with Crippen molar-refractivity contribution < 1.29 is 18.0 Å². The van der Waals surface area contributed by atoms with E-state index in [4.69, 9.17) is 0 Å². The third kappa shape index (κ3) is 5.09. The summed E-state index contributed by atoms with van der Waals surface area (Å²) in [6.45, 7) is 8.91. The van der Waals surface area contributed by atoms with Gasteiger partial charge in [0, 0.05) is 24.3 Å². The molecule has 0 spiro atoms. The van der Waals surface area contributed by atoms with Crippen molar-refractivity contribution in [1.82, 2.24) is 9.78 Å². The molecule has 0 saturated carbocycles. The van der Waals surface area contributed by atoms with Gasteiger partial charge in [-0.25, -0.2) is 0 Å². The van der Waals surface area contributed by atoms with Crippen LogP contribution in [0.5, 0.6) is 0 Å². The molecule has 0 unspecified atom stereocenters. The molecule has 0 aliphatic rings. The maximum absolute atomic E-state index is 12.7. The zero-order valence-corrected chi connectivity index (χ0v) is 15.4. The minimum Gasteiger partial charge on any atom is -0.326 e. The number of halogens is 3. The molecular formula is C19H24F3N3O. The van der Waals surface area contributed by atoms with E-state index in [1.165, 1.54) is 12.1 Å². The fraction of sp³-hybridized carbons (Fsp3) is 0.474. The average molecular weight is 367 g/mol. The van der Waals surface area contributed by atoms with Crippen LogP contribution in [0.4, 0.5) is 18.9 Å². The molecule has 0 aliphatic heterocycles.